The molecule has 0 aromatic heterocycles. The highest BCUT2D eigenvalue weighted by atomic mass is 16.5. The van der Waals surface area contributed by atoms with E-state index < -0.39 is 23.8 Å². The molecule has 1 fully saturated rings. The lowest BCUT2D eigenvalue weighted by Gasteiger charge is -2.37. The molecular formula is C43H54N4O6. The van der Waals surface area contributed by atoms with Crippen molar-refractivity contribution >= 4 is 29.8 Å². The molecule has 10 heteroatoms. The number of ether oxygens (including phenoxy) is 1. The van der Waals surface area contributed by atoms with Crippen LogP contribution in [-0.4, -0.2) is 84.4 Å². The number of imide groups is 2. The second kappa shape index (κ2) is 18.2. The number of aliphatic hydroxyl groups excluding tert-OH is 1. The third-order valence-corrected chi connectivity index (χ3v) is 11.0. The van der Waals surface area contributed by atoms with Crippen LogP contribution in [0.4, 0.5) is 5.69 Å². The molecule has 0 saturated carbocycles. The fourth-order valence-corrected chi connectivity index (χ4v) is 8.09. The van der Waals surface area contributed by atoms with Crippen molar-refractivity contribution in [2.24, 2.45) is 11.8 Å². The van der Waals surface area contributed by atoms with E-state index in [9.17, 15) is 24.3 Å². The summed E-state index contributed by atoms with van der Waals surface area (Å²) in [5, 5.41) is 12.2. The van der Waals surface area contributed by atoms with Gasteiger partial charge in [-0.25, -0.2) is 0 Å². The normalized spacial score (nSPS) is 19.1. The van der Waals surface area contributed by atoms with Gasteiger partial charge in [-0.15, -0.1) is 0 Å². The van der Waals surface area contributed by atoms with E-state index in [1.54, 1.807) is 18.2 Å². The zero-order valence-corrected chi connectivity index (χ0v) is 31.4. The fourth-order valence-electron chi connectivity index (χ4n) is 8.09. The summed E-state index contributed by atoms with van der Waals surface area (Å²) in [7, 11) is 0. The summed E-state index contributed by atoms with van der Waals surface area (Å²) in [4.78, 5) is 55.4. The molecule has 1 saturated heterocycles. The summed E-state index contributed by atoms with van der Waals surface area (Å²) in [6.07, 6.45) is 10.4. The summed E-state index contributed by atoms with van der Waals surface area (Å²) in [5.74, 6) is -0.126. The van der Waals surface area contributed by atoms with Crippen molar-refractivity contribution in [1.82, 2.24) is 15.1 Å². The van der Waals surface area contributed by atoms with E-state index in [2.05, 4.69) is 66.4 Å². The Morgan fingerprint density at radius 3 is 2.40 bits per heavy atom. The van der Waals surface area contributed by atoms with Gasteiger partial charge in [-0.3, -0.25) is 34.3 Å². The maximum absolute atomic E-state index is 13.2. The van der Waals surface area contributed by atoms with Crippen LogP contribution < -0.4 is 15.0 Å². The van der Waals surface area contributed by atoms with Gasteiger partial charge in [-0.05, 0) is 111 Å². The van der Waals surface area contributed by atoms with Gasteiger partial charge < -0.3 is 14.7 Å². The molecule has 3 aliphatic rings. The number of aliphatic hydroxyl groups is 1. The first-order valence-electron chi connectivity index (χ1n) is 19.0. The van der Waals surface area contributed by atoms with Crippen molar-refractivity contribution in [3.63, 3.8) is 0 Å². The number of hydrogen-bond acceptors (Lipinski definition) is 8. The highest BCUT2D eigenvalue weighted by molar-refractivity contribution is 6.23. The number of amides is 4. The van der Waals surface area contributed by atoms with Gasteiger partial charge in [-0.1, -0.05) is 62.8 Å². The monoisotopic (exact) mass is 722 g/mol. The van der Waals surface area contributed by atoms with E-state index in [0.717, 1.165) is 68.9 Å². The van der Waals surface area contributed by atoms with E-state index in [1.165, 1.54) is 16.8 Å². The molecule has 0 radical (unpaired) electrons. The van der Waals surface area contributed by atoms with Gasteiger partial charge in [0.15, 0.2) is 0 Å². The molecule has 5 rings (SSSR count). The number of carbonyl (C=O) groups excluding carboxylic acids is 4. The van der Waals surface area contributed by atoms with Gasteiger partial charge in [0.2, 0.25) is 12.3 Å². The van der Waals surface area contributed by atoms with Crippen molar-refractivity contribution in [1.29, 1.82) is 0 Å². The van der Waals surface area contributed by atoms with E-state index in [1.807, 2.05) is 25.2 Å². The molecule has 4 unspecified atom stereocenters. The standard InChI is InChI=1S/C43H54N4O6/c1-6-11-39(41(50)44-28-48)47-42(51)37-19-17-34(27-38(37)43(47)52)53-25-10-9-20-45-21-23-46(24-22-45)32-14-12-31(13-15-32)40(35(8-3)29(4)7-2)36-18-16-33(49)26-30(36)5/h7,12-17,19,26-28,35-36,39-40,49H,2,4,6,8-11,18,20-25H2,1,3,5H3,(H,44,48,50). The zero-order chi connectivity index (χ0) is 38.1. The van der Waals surface area contributed by atoms with Gasteiger partial charge in [0, 0.05) is 31.9 Å². The lowest BCUT2D eigenvalue weighted by atomic mass is 9.68. The van der Waals surface area contributed by atoms with E-state index >= 15 is 0 Å². The number of hydrogen-bond donors (Lipinski definition) is 2. The average molecular weight is 723 g/mol. The molecule has 4 atom stereocenters. The Labute approximate surface area is 313 Å². The van der Waals surface area contributed by atoms with Crippen LogP contribution in [0.3, 0.4) is 0 Å². The van der Waals surface area contributed by atoms with Gasteiger partial charge in [0.05, 0.1) is 17.7 Å². The van der Waals surface area contributed by atoms with Crippen molar-refractivity contribution in [3.05, 3.63) is 107 Å². The SMILES string of the molecule is C=CC(=C)C(CC)C(c1ccc(N2CCN(CCCCOc3ccc4c(c3)C(=O)N(C(CCC)C(=O)NC=O)C4=O)CC2)cc1)C1CC=C(O)C=C1C. The molecule has 1 aliphatic carbocycles. The van der Waals surface area contributed by atoms with Crippen molar-refractivity contribution in [2.75, 3.05) is 44.2 Å². The Morgan fingerprint density at radius 2 is 1.75 bits per heavy atom. The smallest absolute Gasteiger partial charge is 0.262 e. The Hall–Kier alpha value is -4.96. The lowest BCUT2D eigenvalue weighted by molar-refractivity contribution is -0.128. The van der Waals surface area contributed by atoms with Crippen LogP contribution >= 0.6 is 0 Å². The molecule has 4 amide bonds. The van der Waals surface area contributed by atoms with Crippen LogP contribution in [0.5, 0.6) is 5.75 Å². The summed E-state index contributed by atoms with van der Waals surface area (Å²) in [6.45, 7) is 19.8. The van der Waals surface area contributed by atoms with Gasteiger partial charge >= 0.3 is 0 Å². The van der Waals surface area contributed by atoms with E-state index in [4.69, 9.17) is 4.74 Å². The Morgan fingerprint density at radius 1 is 1.04 bits per heavy atom. The molecule has 282 valence electrons. The van der Waals surface area contributed by atoms with Crippen LogP contribution in [0.2, 0.25) is 0 Å². The fraction of sp³-hybridized carbons (Fsp3) is 0.442. The number of nitrogens with zero attached hydrogens (tertiary/aromatic N) is 3. The first kappa shape index (κ1) is 39.3. The molecule has 2 aromatic rings. The molecule has 0 spiro atoms. The molecular weight excluding hydrogens is 668 g/mol. The summed E-state index contributed by atoms with van der Waals surface area (Å²) < 4.78 is 5.96. The molecule has 2 aliphatic heterocycles. The minimum atomic E-state index is -1.05. The predicted octanol–water partition coefficient (Wildman–Crippen LogP) is 6.97. The number of allylic oxidation sites excluding steroid dienone is 5. The van der Waals surface area contributed by atoms with Crippen molar-refractivity contribution in [2.45, 2.75) is 71.3 Å². The lowest BCUT2D eigenvalue weighted by Crippen LogP contribution is -2.49. The van der Waals surface area contributed by atoms with Crippen LogP contribution in [0.1, 0.15) is 91.5 Å². The number of unbranched alkanes of at least 4 members (excludes halogenated alkanes) is 1. The van der Waals surface area contributed by atoms with E-state index in [-0.39, 0.29) is 41.7 Å². The second-order valence-corrected chi connectivity index (χ2v) is 14.3. The average Bonchev–Trinajstić information content (AvgIpc) is 3.41. The largest absolute Gasteiger partial charge is 0.508 e. The topological polar surface area (TPSA) is 119 Å². The number of anilines is 1. The Balaban J connectivity index is 1.09. The van der Waals surface area contributed by atoms with Crippen molar-refractivity contribution in [3.8, 4) is 5.75 Å². The number of nitrogens with one attached hydrogen (secondary N) is 1. The summed E-state index contributed by atoms with van der Waals surface area (Å²) in [6, 6.07) is 12.8. The van der Waals surface area contributed by atoms with Crippen LogP contribution in [-0.2, 0) is 9.59 Å². The second-order valence-electron chi connectivity index (χ2n) is 14.3. The zero-order valence-electron chi connectivity index (χ0n) is 31.4. The number of carbonyl (C=O) groups is 4. The molecule has 0 bridgehead atoms. The highest BCUT2D eigenvalue weighted by Crippen LogP contribution is 2.45. The Bertz CT molecular complexity index is 1740. The van der Waals surface area contributed by atoms with Crippen LogP contribution in [0, 0.1) is 11.8 Å². The number of fused-ring (bicyclic) bond motifs is 1. The molecule has 2 heterocycles. The minimum Gasteiger partial charge on any atom is -0.508 e. The Kier molecular flexibility index (Phi) is 13.5. The van der Waals surface area contributed by atoms with Crippen LogP contribution in [0.25, 0.3) is 0 Å². The molecule has 10 nitrogen and oxygen atoms in total. The highest BCUT2D eigenvalue weighted by Gasteiger charge is 2.42. The quantitative estimate of drug-likeness (QED) is 0.0734. The molecule has 2 N–H and O–H groups in total. The van der Waals surface area contributed by atoms with Gasteiger partial charge in [0.1, 0.15) is 17.6 Å². The maximum atomic E-state index is 13.2. The van der Waals surface area contributed by atoms with Crippen molar-refractivity contribution < 1.29 is 29.0 Å². The molecule has 53 heavy (non-hydrogen) atoms. The predicted molar refractivity (Wildman–Crippen MR) is 208 cm³/mol. The minimum absolute atomic E-state index is 0.207. The maximum Gasteiger partial charge on any atom is 0.262 e. The summed E-state index contributed by atoms with van der Waals surface area (Å²) >= 11 is 0. The van der Waals surface area contributed by atoms with E-state index in [0.29, 0.717) is 24.5 Å². The molecule has 2 aromatic carbocycles. The third-order valence-electron chi connectivity index (χ3n) is 11.0. The summed E-state index contributed by atoms with van der Waals surface area (Å²) in [5.41, 5.74) is 5.21. The van der Waals surface area contributed by atoms with Gasteiger partial charge in [-0.2, -0.15) is 0 Å². The first-order chi connectivity index (χ1) is 25.6. The number of rotatable bonds is 18. The van der Waals surface area contributed by atoms with Gasteiger partial charge in [0.25, 0.3) is 11.8 Å². The first-order valence-corrected chi connectivity index (χ1v) is 19.0. The van der Waals surface area contributed by atoms with Crippen LogP contribution in [0.15, 0.2) is 90.8 Å². The number of piperazine rings is 1. The number of benzene rings is 2. The third kappa shape index (κ3) is 8.99.